The molecule has 0 spiro atoms. The van der Waals surface area contributed by atoms with Crippen LogP contribution >= 0.6 is 0 Å². The van der Waals surface area contributed by atoms with Crippen molar-refractivity contribution in [3.63, 3.8) is 0 Å². The lowest BCUT2D eigenvalue weighted by molar-refractivity contribution is -0.419. The lowest BCUT2D eigenvalue weighted by atomic mass is 11.0. The summed E-state index contributed by atoms with van der Waals surface area (Å²) in [5.41, 5.74) is 6.73. The van der Waals surface area contributed by atoms with E-state index in [0.717, 1.165) is 4.70 Å². The summed E-state index contributed by atoms with van der Waals surface area (Å²) in [7, 11) is 0. The fourth-order valence-corrected chi connectivity index (χ4v) is 0.259. The molecule has 0 bridgehead atoms. The summed E-state index contributed by atoms with van der Waals surface area (Å²) in [6.45, 7) is 0. The Morgan fingerprint density at radius 1 is 1.57 bits per heavy atom. The Balaban J connectivity index is 0.000000360. The van der Waals surface area contributed by atoms with Crippen LogP contribution < -0.4 is 12.4 Å². The maximum Gasteiger partial charge on any atom is 0.310 e. The van der Waals surface area contributed by atoms with Gasteiger partial charge in [-0.3, -0.25) is 0 Å². The van der Waals surface area contributed by atoms with Crippen LogP contribution in [-0.4, -0.2) is 11.0 Å². The third kappa shape index (κ3) is 1.45. The first-order valence-electron chi connectivity index (χ1n) is 1.59. The molecule has 0 fully saturated rings. The molecule has 1 aliphatic rings. The second-order valence-corrected chi connectivity index (χ2v) is 0.970. The van der Waals surface area contributed by atoms with Crippen LogP contribution in [0, 0.1) is 5.53 Å². The first kappa shape index (κ1) is 6.30. The van der Waals surface area contributed by atoms with Gasteiger partial charge in [0.2, 0.25) is 0 Å². The largest absolute Gasteiger partial charge is 1.00 e. The van der Waals surface area contributed by atoms with E-state index < -0.39 is 0 Å². The van der Waals surface area contributed by atoms with Crippen LogP contribution in [0.15, 0.2) is 17.4 Å². The number of rotatable bonds is 0. The van der Waals surface area contributed by atoms with E-state index >= 15 is 0 Å². The minimum Gasteiger partial charge on any atom is -1.00 e. The minimum atomic E-state index is 0. The molecule has 7 heavy (non-hydrogen) atoms. The minimum absolute atomic E-state index is 0. The number of hydrogen-bond acceptors (Lipinski definition) is 2. The van der Waals surface area contributed by atoms with Crippen LogP contribution in [0.5, 0.6) is 0 Å². The van der Waals surface area contributed by atoms with Gasteiger partial charge in [0.25, 0.3) is 0 Å². The molecule has 0 aromatic heterocycles. The second kappa shape index (κ2) is 2.47. The van der Waals surface area contributed by atoms with Gasteiger partial charge in [-0.2, -0.15) is 0 Å². The van der Waals surface area contributed by atoms with E-state index in [9.17, 15) is 0 Å². The van der Waals surface area contributed by atoms with Crippen molar-refractivity contribution in [1.29, 1.82) is 5.53 Å². The smallest absolute Gasteiger partial charge is 0.310 e. The molecule has 3 nitrogen and oxygen atoms in total. The third-order valence-electron chi connectivity index (χ3n) is 0.504. The Kier molecular flexibility index (Phi) is 2.22. The third-order valence-corrected chi connectivity index (χ3v) is 0.504. The van der Waals surface area contributed by atoms with Crippen molar-refractivity contribution >= 4 is 6.34 Å². The molecular weight excluding hydrogens is 114 g/mol. The maximum absolute atomic E-state index is 6.73. The van der Waals surface area contributed by atoms with Gasteiger partial charge in [-0.1, -0.05) is 4.99 Å². The number of nitrogens with one attached hydrogen (secondary N) is 1. The van der Waals surface area contributed by atoms with E-state index in [1.54, 1.807) is 12.4 Å². The summed E-state index contributed by atoms with van der Waals surface area (Å²) >= 11 is 0. The van der Waals surface area contributed by atoms with Crippen LogP contribution in [0.2, 0.25) is 0 Å². The standard InChI is InChI=1S/C3H4N3.ClH/c4-6-2-1-5-3-6;/h1-4H;1H/q+1;/p-1. The van der Waals surface area contributed by atoms with Gasteiger partial charge in [-0.15, -0.1) is 10.2 Å². The maximum atomic E-state index is 6.73. The summed E-state index contributed by atoms with van der Waals surface area (Å²) in [6.07, 6.45) is 4.53. The van der Waals surface area contributed by atoms with E-state index in [-0.39, 0.29) is 12.4 Å². The van der Waals surface area contributed by atoms with E-state index in [4.69, 9.17) is 5.53 Å². The fourth-order valence-electron chi connectivity index (χ4n) is 0.259. The van der Waals surface area contributed by atoms with Crippen LogP contribution in [0.25, 0.3) is 0 Å². The topological polar surface area (TPSA) is 39.2 Å². The summed E-state index contributed by atoms with van der Waals surface area (Å²) in [5.74, 6) is 0. The van der Waals surface area contributed by atoms with Crippen LogP contribution in [0.1, 0.15) is 0 Å². The zero-order valence-electron chi connectivity index (χ0n) is 3.50. The molecule has 0 aromatic carbocycles. The highest BCUT2D eigenvalue weighted by atomic mass is 35.5. The molecule has 1 N–H and O–H groups in total. The highest BCUT2D eigenvalue weighted by molar-refractivity contribution is 5.47. The van der Waals surface area contributed by atoms with E-state index in [1.807, 2.05) is 0 Å². The highest BCUT2D eigenvalue weighted by Crippen LogP contribution is 1.82. The van der Waals surface area contributed by atoms with Gasteiger partial charge in [-0.05, 0) is 0 Å². The van der Waals surface area contributed by atoms with Crippen molar-refractivity contribution in [3.05, 3.63) is 12.4 Å². The molecule has 0 radical (unpaired) electrons. The predicted molar refractivity (Wildman–Crippen MR) is 20.6 cm³/mol. The Morgan fingerprint density at radius 3 is 2.43 bits per heavy atom. The SMILES string of the molecule is N=[N+]1C=CN=C1.[Cl-]. The molecule has 0 atom stereocenters. The van der Waals surface area contributed by atoms with Crippen molar-refractivity contribution in [2.24, 2.45) is 4.99 Å². The normalized spacial score (nSPS) is 14.6. The summed E-state index contributed by atoms with van der Waals surface area (Å²) in [6, 6.07) is 0. The van der Waals surface area contributed by atoms with E-state index in [0.29, 0.717) is 0 Å². The van der Waals surface area contributed by atoms with Gasteiger partial charge in [0.05, 0.1) is 0 Å². The van der Waals surface area contributed by atoms with Gasteiger partial charge in [0, 0.05) is 0 Å². The average Bonchev–Trinajstić information content (AvgIpc) is 1.86. The average molecular weight is 118 g/mol. The Hall–Kier alpha value is -0.700. The zero-order chi connectivity index (χ0) is 4.41. The van der Waals surface area contributed by atoms with Crippen LogP contribution in [0.4, 0.5) is 0 Å². The molecular formula is C3H4ClN3. The molecule has 1 rings (SSSR count). The lowest BCUT2D eigenvalue weighted by Gasteiger charge is -1.63. The summed E-state index contributed by atoms with van der Waals surface area (Å²) in [4.78, 5) is 3.60. The number of hydrogen-bond donors (Lipinski definition) is 1. The van der Waals surface area contributed by atoms with Crippen molar-refractivity contribution in [2.45, 2.75) is 0 Å². The Bertz CT molecular complexity index is 112. The first-order valence-corrected chi connectivity index (χ1v) is 1.59. The van der Waals surface area contributed by atoms with Gasteiger partial charge in [0.15, 0.2) is 12.4 Å². The molecule has 38 valence electrons. The van der Waals surface area contributed by atoms with Crippen LogP contribution in [0.3, 0.4) is 0 Å². The van der Waals surface area contributed by atoms with Gasteiger partial charge < -0.3 is 12.4 Å². The molecule has 4 heteroatoms. The molecule has 1 aliphatic heterocycles. The molecule has 0 saturated heterocycles. The predicted octanol–water partition coefficient (Wildman–Crippen LogP) is -2.45. The number of halogens is 1. The highest BCUT2D eigenvalue weighted by Gasteiger charge is 1.93. The Labute approximate surface area is 47.3 Å². The van der Waals surface area contributed by atoms with Gasteiger partial charge in [-0.25, -0.2) is 0 Å². The summed E-state index contributed by atoms with van der Waals surface area (Å²) < 4.78 is 1.14. The van der Waals surface area contributed by atoms with Gasteiger partial charge >= 0.3 is 6.34 Å². The monoisotopic (exact) mass is 117 g/mol. The second-order valence-electron chi connectivity index (χ2n) is 0.970. The molecule has 1 heterocycles. The first-order chi connectivity index (χ1) is 2.89. The Morgan fingerprint density at radius 2 is 2.29 bits per heavy atom. The zero-order valence-corrected chi connectivity index (χ0v) is 4.26. The molecule has 0 aliphatic carbocycles. The van der Waals surface area contributed by atoms with Gasteiger partial charge in [0.1, 0.15) is 0 Å². The molecule has 0 unspecified atom stereocenters. The number of nitrogens with zero attached hydrogens (tertiary/aromatic N) is 2. The quantitative estimate of drug-likeness (QED) is 0.342. The fraction of sp³-hybridized carbons (Fsp3) is 0. The molecule has 0 amide bonds. The van der Waals surface area contributed by atoms with E-state index in [1.165, 1.54) is 6.34 Å². The van der Waals surface area contributed by atoms with Crippen molar-refractivity contribution in [3.8, 4) is 0 Å². The van der Waals surface area contributed by atoms with E-state index in [2.05, 4.69) is 4.99 Å². The molecule has 0 saturated carbocycles. The van der Waals surface area contributed by atoms with Crippen molar-refractivity contribution in [2.75, 3.05) is 0 Å². The van der Waals surface area contributed by atoms with Crippen LogP contribution in [-0.2, 0) is 0 Å². The van der Waals surface area contributed by atoms with Crippen molar-refractivity contribution < 1.29 is 17.1 Å². The summed E-state index contributed by atoms with van der Waals surface area (Å²) in [5, 5.41) is 0. The van der Waals surface area contributed by atoms with Crippen molar-refractivity contribution in [1.82, 2.24) is 0 Å². The number of aliphatic imine (C=N–C) groups is 1. The molecule has 0 aromatic rings. The lowest BCUT2D eigenvalue weighted by Crippen LogP contribution is -3.00.